The maximum Gasteiger partial charge on any atom is 0.230 e. The molecule has 2 amide bonds. The number of amides is 2. The van der Waals surface area contributed by atoms with Crippen LogP contribution in [0.1, 0.15) is 45.1 Å². The number of nitrogens with zero attached hydrogens (tertiary/aromatic N) is 2. The van der Waals surface area contributed by atoms with Gasteiger partial charge in [-0.15, -0.1) is 24.8 Å². The van der Waals surface area contributed by atoms with Gasteiger partial charge in [-0.05, 0) is 44.2 Å². The van der Waals surface area contributed by atoms with Gasteiger partial charge in [0.25, 0.3) is 0 Å². The summed E-state index contributed by atoms with van der Waals surface area (Å²) < 4.78 is 0. The second kappa shape index (κ2) is 11.5. The van der Waals surface area contributed by atoms with Crippen LogP contribution in [-0.2, 0) is 9.59 Å². The number of carbonyl (C=O) groups is 2. The molecule has 27 heavy (non-hydrogen) atoms. The van der Waals surface area contributed by atoms with Gasteiger partial charge >= 0.3 is 0 Å². The monoisotopic (exact) mass is 418 g/mol. The van der Waals surface area contributed by atoms with Gasteiger partial charge in [0.2, 0.25) is 11.8 Å². The summed E-state index contributed by atoms with van der Waals surface area (Å²) >= 11 is 0. The zero-order valence-electron chi connectivity index (χ0n) is 16.4. The van der Waals surface area contributed by atoms with Crippen LogP contribution < -0.4 is 11.1 Å². The van der Waals surface area contributed by atoms with Crippen LogP contribution in [0.2, 0.25) is 0 Å². The maximum absolute atomic E-state index is 12.8. The molecule has 2 rings (SSSR count). The fourth-order valence-corrected chi connectivity index (χ4v) is 3.38. The molecule has 8 heteroatoms. The Balaban J connectivity index is 0.00000338. The van der Waals surface area contributed by atoms with E-state index in [4.69, 9.17) is 5.73 Å². The van der Waals surface area contributed by atoms with E-state index in [2.05, 4.69) is 10.3 Å². The number of nitrogens with one attached hydrogen (secondary N) is 1. The average Bonchev–Trinajstić information content (AvgIpc) is 2.65. The Kier molecular flexibility index (Phi) is 10.9. The van der Waals surface area contributed by atoms with Gasteiger partial charge in [-0.25, -0.2) is 4.98 Å². The van der Waals surface area contributed by atoms with Crippen LogP contribution >= 0.6 is 24.8 Å². The van der Waals surface area contributed by atoms with Crippen molar-refractivity contribution in [2.24, 2.45) is 17.1 Å². The summed E-state index contributed by atoms with van der Waals surface area (Å²) in [5.74, 6) is 0.620. The Morgan fingerprint density at radius 3 is 2.26 bits per heavy atom. The van der Waals surface area contributed by atoms with Crippen LogP contribution in [0.4, 0.5) is 5.82 Å². The molecule has 1 fully saturated rings. The molecule has 0 radical (unpaired) electrons. The molecule has 0 aromatic carbocycles. The summed E-state index contributed by atoms with van der Waals surface area (Å²) in [7, 11) is 0. The van der Waals surface area contributed by atoms with E-state index in [1.165, 1.54) is 0 Å². The molecule has 1 aromatic rings. The highest BCUT2D eigenvalue weighted by Gasteiger charge is 2.38. The molecule has 0 atom stereocenters. The molecule has 0 saturated carbocycles. The van der Waals surface area contributed by atoms with Crippen molar-refractivity contribution in [2.45, 2.75) is 46.5 Å². The standard InChI is InChI=1S/C19H30N4O2.2ClH/c1-4-19(5-2,13-20)18(25)23-10-8-15(9-11-23)17(24)22-16-7-6-14(3)12-21-16;;/h6-7,12,15H,4-5,8-11,13,20H2,1-3H3,(H,21,22,24);2*1H. The Bertz CT molecular complexity index is 590. The third-order valence-electron chi connectivity index (χ3n) is 5.51. The lowest BCUT2D eigenvalue weighted by molar-refractivity contribution is -0.144. The van der Waals surface area contributed by atoms with Crippen molar-refractivity contribution in [2.75, 3.05) is 25.0 Å². The van der Waals surface area contributed by atoms with E-state index < -0.39 is 5.41 Å². The van der Waals surface area contributed by atoms with Crippen molar-refractivity contribution in [3.05, 3.63) is 23.9 Å². The van der Waals surface area contributed by atoms with Crippen LogP contribution in [0.3, 0.4) is 0 Å². The van der Waals surface area contributed by atoms with E-state index in [9.17, 15) is 9.59 Å². The van der Waals surface area contributed by atoms with E-state index in [1.807, 2.05) is 37.8 Å². The Morgan fingerprint density at radius 1 is 1.22 bits per heavy atom. The second-order valence-corrected chi connectivity index (χ2v) is 6.97. The summed E-state index contributed by atoms with van der Waals surface area (Å²) in [4.78, 5) is 31.4. The van der Waals surface area contributed by atoms with Gasteiger partial charge in [-0.1, -0.05) is 19.9 Å². The summed E-state index contributed by atoms with van der Waals surface area (Å²) in [6.45, 7) is 7.59. The average molecular weight is 419 g/mol. The molecule has 1 aliphatic heterocycles. The van der Waals surface area contributed by atoms with Gasteiger partial charge in [0.15, 0.2) is 0 Å². The Hall–Kier alpha value is -1.37. The van der Waals surface area contributed by atoms with Gasteiger partial charge in [0, 0.05) is 31.7 Å². The number of piperidine rings is 1. The molecule has 2 heterocycles. The summed E-state index contributed by atoms with van der Waals surface area (Å²) in [5, 5.41) is 2.87. The largest absolute Gasteiger partial charge is 0.342 e. The normalized spacial score (nSPS) is 14.7. The van der Waals surface area contributed by atoms with Crippen molar-refractivity contribution < 1.29 is 9.59 Å². The molecule has 1 aromatic heterocycles. The predicted octanol–water partition coefficient (Wildman–Crippen LogP) is 3.18. The van der Waals surface area contributed by atoms with E-state index in [0.717, 1.165) is 18.4 Å². The van der Waals surface area contributed by atoms with Crippen molar-refractivity contribution in [3.63, 3.8) is 0 Å². The SMILES string of the molecule is CCC(CC)(CN)C(=O)N1CCC(C(=O)Nc2ccc(C)cn2)CC1.Cl.Cl. The van der Waals surface area contributed by atoms with Gasteiger partial charge in [0.05, 0.1) is 5.41 Å². The molecule has 6 nitrogen and oxygen atoms in total. The molecule has 0 unspecified atom stereocenters. The zero-order valence-corrected chi connectivity index (χ0v) is 18.0. The second-order valence-electron chi connectivity index (χ2n) is 6.97. The first-order valence-corrected chi connectivity index (χ1v) is 9.18. The Morgan fingerprint density at radius 2 is 1.81 bits per heavy atom. The topological polar surface area (TPSA) is 88.3 Å². The Labute approximate surface area is 174 Å². The van der Waals surface area contributed by atoms with Crippen molar-refractivity contribution in [1.82, 2.24) is 9.88 Å². The van der Waals surface area contributed by atoms with Gasteiger partial charge in [-0.2, -0.15) is 0 Å². The van der Waals surface area contributed by atoms with E-state index in [-0.39, 0.29) is 42.5 Å². The third-order valence-corrected chi connectivity index (χ3v) is 5.51. The number of rotatable bonds is 6. The minimum atomic E-state index is -0.457. The first kappa shape index (κ1) is 25.6. The summed E-state index contributed by atoms with van der Waals surface area (Å²) in [5.41, 5.74) is 6.49. The van der Waals surface area contributed by atoms with Gasteiger partial charge < -0.3 is 16.0 Å². The fraction of sp³-hybridized carbons (Fsp3) is 0.632. The number of nitrogens with two attached hydrogens (primary N) is 1. The molecule has 1 aliphatic rings. The van der Waals surface area contributed by atoms with Gasteiger partial charge in [-0.3, -0.25) is 9.59 Å². The first-order chi connectivity index (χ1) is 12.0. The molecule has 0 bridgehead atoms. The molecule has 0 spiro atoms. The molecule has 3 N–H and O–H groups in total. The first-order valence-electron chi connectivity index (χ1n) is 9.18. The number of carbonyl (C=O) groups excluding carboxylic acids is 2. The highest BCUT2D eigenvalue weighted by Crippen LogP contribution is 2.30. The lowest BCUT2D eigenvalue weighted by Gasteiger charge is -2.38. The summed E-state index contributed by atoms with van der Waals surface area (Å²) in [6.07, 6.45) is 4.59. The molecule has 0 aliphatic carbocycles. The summed E-state index contributed by atoms with van der Waals surface area (Å²) in [6, 6.07) is 3.73. The van der Waals surface area contributed by atoms with E-state index in [0.29, 0.717) is 38.3 Å². The molecular formula is C19H32Cl2N4O2. The van der Waals surface area contributed by atoms with Crippen LogP contribution in [0, 0.1) is 18.3 Å². The van der Waals surface area contributed by atoms with Crippen LogP contribution in [0.15, 0.2) is 18.3 Å². The van der Waals surface area contributed by atoms with Crippen molar-refractivity contribution in [3.8, 4) is 0 Å². The van der Waals surface area contributed by atoms with E-state index >= 15 is 0 Å². The molecular weight excluding hydrogens is 387 g/mol. The highest BCUT2D eigenvalue weighted by atomic mass is 35.5. The number of hydrogen-bond donors (Lipinski definition) is 2. The smallest absolute Gasteiger partial charge is 0.230 e. The minimum absolute atomic E-state index is 0. The molecule has 154 valence electrons. The number of aryl methyl sites for hydroxylation is 1. The van der Waals surface area contributed by atoms with Crippen molar-refractivity contribution in [1.29, 1.82) is 0 Å². The lowest BCUT2D eigenvalue weighted by Crippen LogP contribution is -2.50. The fourth-order valence-electron chi connectivity index (χ4n) is 3.38. The highest BCUT2D eigenvalue weighted by molar-refractivity contribution is 5.92. The van der Waals surface area contributed by atoms with Crippen LogP contribution in [-0.4, -0.2) is 41.3 Å². The number of pyridine rings is 1. The molecule has 1 saturated heterocycles. The quantitative estimate of drug-likeness (QED) is 0.741. The number of likely N-dealkylation sites (tertiary alicyclic amines) is 1. The maximum atomic E-state index is 12.8. The minimum Gasteiger partial charge on any atom is -0.342 e. The van der Waals surface area contributed by atoms with Crippen LogP contribution in [0.25, 0.3) is 0 Å². The predicted molar refractivity (Wildman–Crippen MR) is 113 cm³/mol. The van der Waals surface area contributed by atoms with Crippen molar-refractivity contribution >= 4 is 42.4 Å². The van der Waals surface area contributed by atoms with Crippen LogP contribution in [0.5, 0.6) is 0 Å². The third kappa shape index (κ3) is 6.06. The van der Waals surface area contributed by atoms with Gasteiger partial charge in [0.1, 0.15) is 5.82 Å². The number of anilines is 1. The zero-order chi connectivity index (χ0) is 18.4. The van der Waals surface area contributed by atoms with E-state index in [1.54, 1.807) is 6.20 Å². The number of hydrogen-bond acceptors (Lipinski definition) is 4. The number of aromatic nitrogens is 1. The lowest BCUT2D eigenvalue weighted by atomic mass is 9.80. The number of halogens is 2.